The van der Waals surface area contributed by atoms with Crippen LogP contribution in [0.15, 0.2) is 23.8 Å². The van der Waals surface area contributed by atoms with Gasteiger partial charge in [0.2, 0.25) is 0 Å². The van der Waals surface area contributed by atoms with Crippen molar-refractivity contribution in [3.05, 3.63) is 23.8 Å². The van der Waals surface area contributed by atoms with Crippen LogP contribution in [-0.4, -0.2) is 0 Å². The number of unbranched alkanes of at least 4 members (excludes halogenated alkanes) is 1. The first-order valence-electron chi connectivity index (χ1n) is 3.98. The van der Waals surface area contributed by atoms with Gasteiger partial charge in [0.15, 0.2) is 0 Å². The van der Waals surface area contributed by atoms with Crippen molar-refractivity contribution in [2.45, 2.75) is 32.6 Å². The van der Waals surface area contributed by atoms with Crippen LogP contribution in [0.25, 0.3) is 0 Å². The van der Waals surface area contributed by atoms with Crippen LogP contribution in [0, 0.1) is 10.8 Å². The third kappa shape index (κ3) is 4.32. The second-order valence-corrected chi connectivity index (χ2v) is 2.56. The van der Waals surface area contributed by atoms with Crippen LogP contribution in [0.4, 0.5) is 0 Å². The fourth-order valence-electron chi connectivity index (χ4n) is 1.08. The molecule has 1 rings (SSSR count). The minimum absolute atomic E-state index is 1.21. The third-order valence-electron chi connectivity index (χ3n) is 1.70. The van der Waals surface area contributed by atoms with Crippen molar-refractivity contribution in [2.24, 2.45) is 0 Å². The summed E-state index contributed by atoms with van der Waals surface area (Å²) in [4.78, 5) is 0. The highest BCUT2D eigenvalue weighted by Gasteiger charge is 1.96. The van der Waals surface area contributed by atoms with Crippen LogP contribution in [0.1, 0.15) is 32.6 Å². The molecule has 1 aliphatic rings. The Bertz CT molecular complexity index is 166. The van der Waals surface area contributed by atoms with E-state index in [1.807, 2.05) is 0 Å². The summed E-state index contributed by atoms with van der Waals surface area (Å²) in [6.07, 6.45) is 11.8. The number of rotatable bonds is 3. The fraction of sp³-hybridized carbons (Fsp3) is 0.556. The summed E-state index contributed by atoms with van der Waals surface area (Å²) in [6, 6.07) is 0. The minimum Gasteiger partial charge on any atom is -0.0805 e. The Labute approximate surface area is 68.0 Å². The molecule has 0 N–H and O–H groups in total. The van der Waals surface area contributed by atoms with Gasteiger partial charge in [0, 0.05) is 10.8 Å². The first-order valence-corrected chi connectivity index (χ1v) is 3.98. The van der Waals surface area contributed by atoms with Crippen molar-refractivity contribution in [3.63, 3.8) is 0 Å². The number of hydrogen-bond acceptors (Lipinski definition) is 2. The Morgan fingerprint density at radius 2 is 2.18 bits per heavy atom. The van der Waals surface area contributed by atoms with E-state index in [4.69, 9.17) is 10.8 Å². The van der Waals surface area contributed by atoms with Gasteiger partial charge in [0.1, 0.15) is 0 Å². The normalized spacial score (nSPS) is 13.5. The molecule has 0 unspecified atom stereocenters. The smallest absolute Gasteiger partial charge is 0 e. The Kier molecular flexibility index (Phi) is 6.31. The van der Waals surface area contributed by atoms with Gasteiger partial charge in [-0.15, -0.1) is 0 Å². The van der Waals surface area contributed by atoms with Gasteiger partial charge in [-0.3, -0.25) is 0 Å². The van der Waals surface area contributed by atoms with E-state index in [1.165, 1.54) is 25.7 Å². The van der Waals surface area contributed by atoms with Gasteiger partial charge in [-0.25, -0.2) is 0 Å². The van der Waals surface area contributed by atoms with E-state index in [0.717, 1.165) is 0 Å². The maximum absolute atomic E-state index is 6.00. The van der Waals surface area contributed by atoms with Crippen LogP contribution in [0.2, 0.25) is 0 Å². The molecule has 60 valence electrons. The van der Waals surface area contributed by atoms with E-state index in [2.05, 4.69) is 25.2 Å². The van der Waals surface area contributed by atoms with Crippen molar-refractivity contribution in [3.8, 4) is 0 Å². The molecule has 0 aromatic carbocycles. The summed E-state index contributed by atoms with van der Waals surface area (Å²) in [5.41, 5.74) is 1.61. The van der Waals surface area contributed by atoms with Gasteiger partial charge >= 0.3 is 0 Å². The van der Waals surface area contributed by atoms with Crippen LogP contribution in [0.3, 0.4) is 0 Å². The highest BCUT2D eigenvalue weighted by Crippen LogP contribution is 2.16. The van der Waals surface area contributed by atoms with Crippen molar-refractivity contribution in [1.29, 1.82) is 10.8 Å². The maximum Gasteiger partial charge on any atom is 0 e. The summed E-state index contributed by atoms with van der Waals surface area (Å²) in [6.45, 7) is 2.24. The Balaban J connectivity index is 0.000000461. The zero-order valence-corrected chi connectivity index (χ0v) is 6.95. The molecule has 1 aliphatic carbocycles. The first-order chi connectivity index (χ1) is 5.43. The molecule has 2 heteroatoms. The van der Waals surface area contributed by atoms with E-state index < -0.39 is 0 Å². The number of hydrogen-bond donors (Lipinski definition) is 0. The molecular formula is C9H14N2. The molecule has 0 aromatic rings. The zero-order valence-electron chi connectivity index (χ0n) is 6.95. The van der Waals surface area contributed by atoms with Gasteiger partial charge in [0.05, 0.1) is 0 Å². The van der Waals surface area contributed by atoms with Gasteiger partial charge in [0.25, 0.3) is 0 Å². The quantitative estimate of drug-likeness (QED) is 0.580. The minimum atomic E-state index is 1.21. The largest absolute Gasteiger partial charge is 0.0805 e. The van der Waals surface area contributed by atoms with Crippen LogP contribution < -0.4 is 0 Å². The Hall–Kier alpha value is -1.10. The Morgan fingerprint density at radius 1 is 1.45 bits per heavy atom. The predicted octanol–water partition coefficient (Wildman–Crippen LogP) is 3.09. The van der Waals surface area contributed by atoms with Gasteiger partial charge in [-0.2, -0.15) is 0 Å². The third-order valence-corrected chi connectivity index (χ3v) is 1.70. The van der Waals surface area contributed by atoms with E-state index in [1.54, 1.807) is 5.57 Å². The highest BCUT2D eigenvalue weighted by molar-refractivity contribution is 5.22. The lowest BCUT2D eigenvalue weighted by Gasteiger charge is -1.96. The lowest BCUT2D eigenvalue weighted by molar-refractivity contribution is 0.779. The lowest BCUT2D eigenvalue weighted by Crippen LogP contribution is -1.77. The van der Waals surface area contributed by atoms with E-state index in [0.29, 0.717) is 0 Å². The van der Waals surface area contributed by atoms with E-state index in [-0.39, 0.29) is 0 Å². The summed E-state index contributed by atoms with van der Waals surface area (Å²) in [5, 5.41) is 12.0. The number of allylic oxidation sites excluding steroid dienone is 4. The second kappa shape index (κ2) is 7.01. The maximum atomic E-state index is 6.00. The lowest BCUT2D eigenvalue weighted by atomic mass is 10.1. The van der Waals surface area contributed by atoms with Crippen molar-refractivity contribution in [1.82, 2.24) is 0 Å². The van der Waals surface area contributed by atoms with Gasteiger partial charge in [-0.05, 0) is 19.3 Å². The molecule has 0 saturated heterocycles. The second-order valence-electron chi connectivity index (χ2n) is 2.56. The molecule has 11 heavy (non-hydrogen) atoms. The molecule has 0 spiro atoms. The zero-order chi connectivity index (χ0) is 8.53. The first kappa shape index (κ1) is 9.90. The standard InChI is InChI=1S/C9H14.N2/c1-2-3-6-9-7-4-5-8-9;1-2/h4-5,7H,2-3,6,8H2,1H3;. The van der Waals surface area contributed by atoms with Crippen molar-refractivity contribution < 1.29 is 0 Å². The molecule has 0 radical (unpaired) electrons. The van der Waals surface area contributed by atoms with Crippen LogP contribution in [-0.2, 0) is 0 Å². The van der Waals surface area contributed by atoms with E-state index >= 15 is 0 Å². The van der Waals surface area contributed by atoms with Crippen LogP contribution >= 0.6 is 0 Å². The predicted molar refractivity (Wildman–Crippen MR) is 44.8 cm³/mol. The molecule has 0 aliphatic heterocycles. The van der Waals surface area contributed by atoms with Gasteiger partial charge in [-0.1, -0.05) is 37.1 Å². The summed E-state index contributed by atoms with van der Waals surface area (Å²) in [7, 11) is 0. The summed E-state index contributed by atoms with van der Waals surface area (Å²) < 4.78 is 0. The summed E-state index contributed by atoms with van der Waals surface area (Å²) >= 11 is 0. The molecule has 0 amide bonds. The highest BCUT2D eigenvalue weighted by atomic mass is 14.6. The average Bonchev–Trinajstić information content (AvgIpc) is 2.57. The molecule has 2 nitrogen and oxygen atoms in total. The molecule has 0 saturated carbocycles. The fourth-order valence-corrected chi connectivity index (χ4v) is 1.08. The molecule has 0 aromatic heterocycles. The molecule has 0 fully saturated rings. The average molecular weight is 150 g/mol. The molecule has 0 atom stereocenters. The van der Waals surface area contributed by atoms with Crippen LogP contribution in [0.5, 0.6) is 0 Å². The molecule has 0 bridgehead atoms. The monoisotopic (exact) mass is 150 g/mol. The van der Waals surface area contributed by atoms with Gasteiger partial charge < -0.3 is 0 Å². The Morgan fingerprint density at radius 3 is 2.64 bits per heavy atom. The van der Waals surface area contributed by atoms with Crippen molar-refractivity contribution in [2.75, 3.05) is 0 Å². The number of nitrogens with zero attached hydrogens (tertiary/aromatic N) is 2. The SMILES string of the molecule is CCCCC1=CC=CC1.N#N. The van der Waals surface area contributed by atoms with E-state index in [9.17, 15) is 0 Å². The molecule has 0 heterocycles. The van der Waals surface area contributed by atoms with Crippen molar-refractivity contribution >= 4 is 0 Å². The summed E-state index contributed by atoms with van der Waals surface area (Å²) in [5.74, 6) is 0. The molecular weight excluding hydrogens is 136 g/mol. The topological polar surface area (TPSA) is 47.6 Å².